The molecule has 0 aliphatic carbocycles. The Morgan fingerprint density at radius 3 is 2.57 bits per heavy atom. The van der Waals surface area contributed by atoms with Gasteiger partial charge >= 0.3 is 5.97 Å². The second kappa shape index (κ2) is 6.91. The first kappa shape index (κ1) is 15.1. The van der Waals surface area contributed by atoms with Crippen LogP contribution in [0.4, 0.5) is 5.69 Å². The van der Waals surface area contributed by atoms with Crippen molar-refractivity contribution in [2.75, 3.05) is 11.9 Å². The van der Waals surface area contributed by atoms with Crippen molar-refractivity contribution >= 4 is 27.6 Å². The van der Waals surface area contributed by atoms with Crippen molar-refractivity contribution in [3.8, 4) is 6.07 Å². The van der Waals surface area contributed by atoms with Crippen LogP contribution < -0.4 is 5.32 Å². The molecule has 21 heavy (non-hydrogen) atoms. The fourth-order valence-electron chi connectivity index (χ4n) is 1.97. The van der Waals surface area contributed by atoms with E-state index in [-0.39, 0.29) is 6.54 Å². The maximum atomic E-state index is 11.4. The molecular weight excluding hydrogens is 332 g/mol. The van der Waals surface area contributed by atoms with E-state index in [1.54, 1.807) is 30.3 Å². The molecule has 0 aromatic heterocycles. The van der Waals surface area contributed by atoms with Crippen LogP contribution in [0.15, 0.2) is 53.0 Å². The highest BCUT2D eigenvalue weighted by molar-refractivity contribution is 9.10. The van der Waals surface area contributed by atoms with Crippen LogP contribution in [0, 0.1) is 11.3 Å². The number of hydrogen-bond donors (Lipinski definition) is 2. The van der Waals surface area contributed by atoms with Gasteiger partial charge in [-0.2, -0.15) is 5.26 Å². The second-order valence-electron chi connectivity index (χ2n) is 4.49. The SMILES string of the molecule is N#Cc1ccc(NCC(C(=O)O)c2ccccc2)c(Br)c1. The molecule has 4 nitrogen and oxygen atoms in total. The van der Waals surface area contributed by atoms with E-state index in [4.69, 9.17) is 5.26 Å². The molecule has 0 fully saturated rings. The predicted molar refractivity (Wildman–Crippen MR) is 84.2 cm³/mol. The summed E-state index contributed by atoms with van der Waals surface area (Å²) in [5, 5.41) is 21.3. The first-order valence-corrected chi connectivity index (χ1v) is 7.12. The molecule has 0 aliphatic heterocycles. The number of nitrogens with zero attached hydrogens (tertiary/aromatic N) is 1. The third-order valence-corrected chi connectivity index (χ3v) is 3.75. The van der Waals surface area contributed by atoms with Crippen molar-refractivity contribution in [1.82, 2.24) is 0 Å². The van der Waals surface area contributed by atoms with Gasteiger partial charge in [0.05, 0.1) is 17.6 Å². The number of carbonyl (C=O) groups is 1. The standard InChI is InChI=1S/C16H13BrN2O2/c17-14-8-11(9-18)6-7-15(14)19-10-13(16(20)21)12-4-2-1-3-5-12/h1-8,13,19H,10H2,(H,20,21). The quantitative estimate of drug-likeness (QED) is 0.868. The van der Waals surface area contributed by atoms with E-state index in [0.29, 0.717) is 5.56 Å². The molecule has 5 heteroatoms. The lowest BCUT2D eigenvalue weighted by Crippen LogP contribution is -2.21. The normalized spacial score (nSPS) is 11.4. The summed E-state index contributed by atoms with van der Waals surface area (Å²) < 4.78 is 0.735. The smallest absolute Gasteiger partial charge is 0.312 e. The molecule has 2 N–H and O–H groups in total. The lowest BCUT2D eigenvalue weighted by Gasteiger charge is -2.15. The Kier molecular flexibility index (Phi) is 4.96. The summed E-state index contributed by atoms with van der Waals surface area (Å²) in [5.41, 5.74) is 2.06. The maximum absolute atomic E-state index is 11.4. The average molecular weight is 345 g/mol. The summed E-state index contributed by atoms with van der Waals surface area (Å²) >= 11 is 3.37. The van der Waals surface area contributed by atoms with Crippen LogP contribution in [0.25, 0.3) is 0 Å². The molecule has 0 heterocycles. The zero-order valence-electron chi connectivity index (χ0n) is 11.1. The Bertz CT molecular complexity index is 680. The molecule has 0 saturated heterocycles. The summed E-state index contributed by atoms with van der Waals surface area (Å²) in [6, 6.07) is 16.3. The highest BCUT2D eigenvalue weighted by atomic mass is 79.9. The van der Waals surface area contributed by atoms with Crippen molar-refractivity contribution in [3.63, 3.8) is 0 Å². The van der Waals surface area contributed by atoms with Gasteiger partial charge in [-0.25, -0.2) is 0 Å². The zero-order chi connectivity index (χ0) is 15.2. The molecule has 2 aromatic carbocycles. The van der Waals surface area contributed by atoms with Crippen LogP contribution in [0.5, 0.6) is 0 Å². The highest BCUT2D eigenvalue weighted by Crippen LogP contribution is 2.25. The van der Waals surface area contributed by atoms with E-state index in [0.717, 1.165) is 15.7 Å². The maximum Gasteiger partial charge on any atom is 0.312 e. The van der Waals surface area contributed by atoms with Crippen molar-refractivity contribution in [3.05, 3.63) is 64.1 Å². The Balaban J connectivity index is 2.13. The molecule has 0 spiro atoms. The van der Waals surface area contributed by atoms with Crippen LogP contribution in [-0.2, 0) is 4.79 Å². The lowest BCUT2D eigenvalue weighted by atomic mass is 9.99. The van der Waals surface area contributed by atoms with Gasteiger partial charge in [0.2, 0.25) is 0 Å². The Hall–Kier alpha value is -2.32. The summed E-state index contributed by atoms with van der Waals surface area (Å²) in [6.07, 6.45) is 0. The predicted octanol–water partition coefficient (Wildman–Crippen LogP) is 3.60. The summed E-state index contributed by atoms with van der Waals surface area (Å²) in [4.78, 5) is 11.4. The van der Waals surface area contributed by atoms with E-state index in [1.165, 1.54) is 0 Å². The van der Waals surface area contributed by atoms with Gasteiger partial charge in [-0.1, -0.05) is 30.3 Å². The number of benzene rings is 2. The number of nitrogens with one attached hydrogen (secondary N) is 1. The van der Waals surface area contributed by atoms with Gasteiger partial charge in [-0.15, -0.1) is 0 Å². The number of halogens is 1. The van der Waals surface area contributed by atoms with E-state index in [9.17, 15) is 9.90 Å². The van der Waals surface area contributed by atoms with Crippen LogP contribution in [-0.4, -0.2) is 17.6 Å². The number of aliphatic carboxylic acids is 1. The van der Waals surface area contributed by atoms with E-state index < -0.39 is 11.9 Å². The minimum Gasteiger partial charge on any atom is -0.481 e. The minimum absolute atomic E-state index is 0.268. The molecule has 0 amide bonds. The van der Waals surface area contributed by atoms with Crippen LogP contribution in [0.2, 0.25) is 0 Å². The molecule has 2 rings (SSSR count). The topological polar surface area (TPSA) is 73.1 Å². The zero-order valence-corrected chi connectivity index (χ0v) is 12.7. The third-order valence-electron chi connectivity index (χ3n) is 3.09. The van der Waals surface area contributed by atoms with Crippen LogP contribution in [0.3, 0.4) is 0 Å². The molecule has 0 radical (unpaired) electrons. The number of hydrogen-bond acceptors (Lipinski definition) is 3. The van der Waals surface area contributed by atoms with Gasteiger partial charge in [-0.3, -0.25) is 4.79 Å². The van der Waals surface area contributed by atoms with Crippen molar-refractivity contribution in [1.29, 1.82) is 5.26 Å². The average Bonchev–Trinajstić information content (AvgIpc) is 2.49. The fraction of sp³-hybridized carbons (Fsp3) is 0.125. The van der Waals surface area contributed by atoms with Gasteiger partial charge in [-0.05, 0) is 39.7 Å². The van der Waals surface area contributed by atoms with E-state index >= 15 is 0 Å². The molecule has 1 atom stereocenters. The molecule has 106 valence electrons. The molecule has 0 aliphatic rings. The molecular formula is C16H13BrN2O2. The Labute approximate surface area is 131 Å². The monoisotopic (exact) mass is 344 g/mol. The number of carboxylic acids is 1. The highest BCUT2D eigenvalue weighted by Gasteiger charge is 2.19. The molecule has 0 bridgehead atoms. The summed E-state index contributed by atoms with van der Waals surface area (Å²) in [7, 11) is 0. The minimum atomic E-state index is -0.876. The van der Waals surface area contributed by atoms with Gasteiger partial charge < -0.3 is 10.4 Å². The summed E-state index contributed by atoms with van der Waals surface area (Å²) in [5.74, 6) is -1.51. The second-order valence-corrected chi connectivity index (χ2v) is 5.34. The molecule has 2 aromatic rings. The number of carboxylic acid groups (broad SMARTS) is 1. The van der Waals surface area contributed by atoms with Crippen molar-refractivity contribution in [2.24, 2.45) is 0 Å². The molecule has 1 unspecified atom stereocenters. The van der Waals surface area contributed by atoms with Gasteiger partial charge in [0.15, 0.2) is 0 Å². The van der Waals surface area contributed by atoms with Gasteiger partial charge in [0, 0.05) is 16.7 Å². The molecule has 0 saturated carbocycles. The first-order valence-electron chi connectivity index (χ1n) is 6.33. The van der Waals surface area contributed by atoms with Crippen molar-refractivity contribution in [2.45, 2.75) is 5.92 Å². The fourth-order valence-corrected chi connectivity index (χ4v) is 2.49. The van der Waals surface area contributed by atoms with E-state index in [2.05, 4.69) is 27.3 Å². The van der Waals surface area contributed by atoms with Gasteiger partial charge in [0.1, 0.15) is 0 Å². The van der Waals surface area contributed by atoms with E-state index in [1.807, 2.05) is 18.2 Å². The van der Waals surface area contributed by atoms with Crippen LogP contribution >= 0.6 is 15.9 Å². The largest absolute Gasteiger partial charge is 0.481 e. The number of nitriles is 1. The van der Waals surface area contributed by atoms with Crippen molar-refractivity contribution < 1.29 is 9.90 Å². The van der Waals surface area contributed by atoms with Crippen LogP contribution in [0.1, 0.15) is 17.0 Å². The van der Waals surface area contributed by atoms with Gasteiger partial charge in [0.25, 0.3) is 0 Å². The lowest BCUT2D eigenvalue weighted by molar-refractivity contribution is -0.138. The Morgan fingerprint density at radius 1 is 1.29 bits per heavy atom. The number of rotatable bonds is 5. The Morgan fingerprint density at radius 2 is 2.00 bits per heavy atom. The number of anilines is 1. The first-order chi connectivity index (χ1) is 10.1. The summed E-state index contributed by atoms with van der Waals surface area (Å²) in [6.45, 7) is 0.268. The third kappa shape index (κ3) is 3.83.